The van der Waals surface area contributed by atoms with Crippen LogP contribution in [0.25, 0.3) is 0 Å². The number of carbonyl (C=O) groups is 2. The number of rotatable bonds is 9. The van der Waals surface area contributed by atoms with E-state index in [1.165, 1.54) is 29.0 Å². The van der Waals surface area contributed by atoms with Crippen LogP contribution in [0.1, 0.15) is 20.7 Å². The molecule has 15 nitrogen and oxygen atoms in total. The summed E-state index contributed by atoms with van der Waals surface area (Å²) in [6.45, 7) is 0. The number of nitrogens with zero attached hydrogens (tertiary/aromatic N) is 2. The van der Waals surface area contributed by atoms with Crippen molar-refractivity contribution < 1.29 is 30.3 Å². The van der Waals surface area contributed by atoms with Gasteiger partial charge in [-0.2, -0.15) is 0 Å². The molecule has 6 aromatic rings. The summed E-state index contributed by atoms with van der Waals surface area (Å²) < 4.78 is 4.80. The molecule has 54 heavy (non-hydrogen) atoms. The maximum absolute atomic E-state index is 12.1. The fraction of sp³-hybridized carbons (Fsp3) is 0.128. The molecule has 0 spiro atoms. The van der Waals surface area contributed by atoms with Gasteiger partial charge in [-0.25, -0.2) is 0 Å². The van der Waals surface area contributed by atoms with Gasteiger partial charge in [0.2, 0.25) is 0 Å². The Morgan fingerprint density at radius 1 is 0.556 bits per heavy atom. The van der Waals surface area contributed by atoms with Gasteiger partial charge in [-0.3, -0.25) is 28.8 Å². The predicted octanol–water partition coefficient (Wildman–Crippen LogP) is 3.18. The van der Waals surface area contributed by atoms with Crippen LogP contribution in [-0.2, 0) is 0 Å². The summed E-state index contributed by atoms with van der Waals surface area (Å²) >= 11 is 0. The number of phenols is 2. The van der Waals surface area contributed by atoms with Gasteiger partial charge in [0.1, 0.15) is 17.1 Å². The van der Waals surface area contributed by atoms with Crippen LogP contribution in [0.2, 0.25) is 0 Å². The highest BCUT2D eigenvalue weighted by molar-refractivity contribution is 5.99. The van der Waals surface area contributed by atoms with Crippen molar-refractivity contribution in [3.63, 3.8) is 0 Å². The first-order valence-corrected chi connectivity index (χ1v) is 16.2. The van der Waals surface area contributed by atoms with Crippen LogP contribution in [0.3, 0.4) is 0 Å². The summed E-state index contributed by atoms with van der Waals surface area (Å²) in [7, 11) is 7.78. The SMILES string of the molecule is CN(C)C(=O)c1cccc(Nc2c(Nc3ccccc3)c(=O)c2=O)c1O.CN(C)C(=O)c1cccc([NH3+])c1O.COc1c(Nc2ccccc2)c(=O)c1=O. The molecule has 0 aliphatic heterocycles. The van der Waals surface area contributed by atoms with Gasteiger partial charge in [0.15, 0.2) is 22.9 Å². The van der Waals surface area contributed by atoms with E-state index < -0.39 is 21.7 Å². The van der Waals surface area contributed by atoms with E-state index in [9.17, 15) is 39.0 Å². The van der Waals surface area contributed by atoms with Crippen LogP contribution in [0.5, 0.6) is 17.2 Å². The Bertz CT molecular complexity index is 2410. The third-order valence-corrected chi connectivity index (χ3v) is 7.76. The number of carbonyl (C=O) groups excluding carboxylic acids is 2. The van der Waals surface area contributed by atoms with Gasteiger partial charge in [0.05, 0.1) is 23.9 Å². The molecule has 0 bridgehead atoms. The van der Waals surface area contributed by atoms with Gasteiger partial charge in [-0.15, -0.1) is 0 Å². The zero-order valence-corrected chi connectivity index (χ0v) is 30.1. The number of para-hydroxylation sites is 4. The molecule has 0 saturated heterocycles. The number of methoxy groups -OCH3 is 1. The first kappa shape index (κ1) is 39.5. The number of amides is 2. The van der Waals surface area contributed by atoms with Crippen molar-refractivity contribution in [2.24, 2.45) is 0 Å². The Balaban J connectivity index is 0.000000197. The number of ether oxygens (including phenoxy) is 1. The molecule has 0 aliphatic rings. The molecule has 0 aliphatic carbocycles. The van der Waals surface area contributed by atoms with Crippen molar-refractivity contribution >= 4 is 51.6 Å². The monoisotopic (exact) mass is 735 g/mol. The topological polar surface area (TPSA) is 222 Å². The number of benzene rings is 4. The van der Waals surface area contributed by atoms with Gasteiger partial charge >= 0.3 is 0 Å². The molecule has 0 heterocycles. The Morgan fingerprint density at radius 2 is 0.981 bits per heavy atom. The summed E-state index contributed by atoms with van der Waals surface area (Å²) in [5, 5.41) is 28.4. The summed E-state index contributed by atoms with van der Waals surface area (Å²) in [6.07, 6.45) is 0. The van der Waals surface area contributed by atoms with E-state index >= 15 is 0 Å². The molecule has 0 unspecified atom stereocenters. The molecule has 0 aromatic heterocycles. The molecular weight excluding hydrogens is 696 g/mol. The summed E-state index contributed by atoms with van der Waals surface area (Å²) in [5.74, 6) is -0.822. The van der Waals surface area contributed by atoms with Gasteiger partial charge in [-0.1, -0.05) is 48.5 Å². The van der Waals surface area contributed by atoms with Crippen LogP contribution in [-0.4, -0.2) is 67.1 Å². The third-order valence-electron chi connectivity index (χ3n) is 7.76. The second kappa shape index (κ2) is 17.3. The highest BCUT2D eigenvalue weighted by atomic mass is 16.5. The maximum atomic E-state index is 12.1. The third kappa shape index (κ3) is 8.78. The molecule has 8 N–H and O–H groups in total. The minimum absolute atomic E-state index is 0.0406. The Labute approximate surface area is 308 Å². The van der Waals surface area contributed by atoms with Crippen molar-refractivity contribution in [3.8, 4) is 17.2 Å². The normalized spacial score (nSPS) is 10.3. The van der Waals surface area contributed by atoms with Crippen molar-refractivity contribution in [3.05, 3.63) is 149 Å². The number of aromatic hydroxyl groups is 2. The minimum Gasteiger partial charge on any atom is -0.505 e. The molecule has 278 valence electrons. The molecule has 0 radical (unpaired) electrons. The van der Waals surface area contributed by atoms with Crippen LogP contribution in [0.15, 0.2) is 116 Å². The number of hydrogen-bond donors (Lipinski definition) is 6. The zero-order valence-electron chi connectivity index (χ0n) is 30.1. The molecule has 0 fully saturated rings. The second-order valence-electron chi connectivity index (χ2n) is 12.0. The molecule has 0 saturated carbocycles. The lowest BCUT2D eigenvalue weighted by Gasteiger charge is -2.17. The van der Waals surface area contributed by atoms with Crippen molar-refractivity contribution in [2.45, 2.75) is 0 Å². The highest BCUT2D eigenvalue weighted by Crippen LogP contribution is 2.32. The van der Waals surface area contributed by atoms with E-state index in [0.717, 1.165) is 5.69 Å². The maximum Gasteiger partial charge on any atom is 0.272 e. The lowest BCUT2D eigenvalue weighted by Crippen LogP contribution is -2.40. The average Bonchev–Trinajstić information content (AvgIpc) is 3.18. The Morgan fingerprint density at radius 3 is 1.46 bits per heavy atom. The first-order chi connectivity index (χ1) is 25.7. The Kier molecular flexibility index (Phi) is 12.7. The van der Waals surface area contributed by atoms with Gasteiger partial charge < -0.3 is 46.4 Å². The van der Waals surface area contributed by atoms with Crippen LogP contribution < -0.4 is 48.1 Å². The lowest BCUT2D eigenvalue weighted by atomic mass is 10.1. The minimum atomic E-state index is -0.688. The fourth-order valence-corrected chi connectivity index (χ4v) is 4.84. The average molecular weight is 736 g/mol. The van der Waals surface area contributed by atoms with E-state index in [-0.39, 0.29) is 62.9 Å². The quantitative estimate of drug-likeness (QED) is 0.0931. The zero-order chi connectivity index (χ0) is 39.7. The van der Waals surface area contributed by atoms with Crippen LogP contribution >= 0.6 is 0 Å². The molecule has 6 aromatic carbocycles. The number of hydrogen-bond acceptors (Lipinski definition) is 12. The smallest absolute Gasteiger partial charge is 0.272 e. The van der Waals surface area contributed by atoms with E-state index in [2.05, 4.69) is 21.7 Å². The Hall–Kier alpha value is -7.26. The van der Waals surface area contributed by atoms with Gasteiger partial charge in [-0.05, 0) is 42.5 Å². The van der Waals surface area contributed by atoms with Gasteiger partial charge in [0, 0.05) is 45.6 Å². The molecular formula is C39H39N6O9+. The van der Waals surface area contributed by atoms with E-state index in [0.29, 0.717) is 11.4 Å². The summed E-state index contributed by atoms with van der Waals surface area (Å²) in [4.78, 5) is 72.3. The van der Waals surface area contributed by atoms with E-state index in [1.807, 2.05) is 24.3 Å². The highest BCUT2D eigenvalue weighted by Gasteiger charge is 2.24. The molecule has 0 atom stereocenters. The fourth-order valence-electron chi connectivity index (χ4n) is 4.84. The molecule has 6 rings (SSSR count). The number of nitrogens with one attached hydrogen (secondary N) is 3. The van der Waals surface area contributed by atoms with Crippen molar-refractivity contribution in [1.29, 1.82) is 0 Å². The summed E-state index contributed by atoms with van der Waals surface area (Å²) in [5.41, 5.74) is 3.98. The number of anilines is 6. The second-order valence-corrected chi connectivity index (χ2v) is 12.0. The number of quaternary nitrogens is 1. The summed E-state index contributed by atoms with van der Waals surface area (Å²) in [6, 6.07) is 27.6. The standard InChI is InChI=1S/C19H17N3O4.C11H9NO3.C9H12N2O2/c1-22(2)19(26)12-9-6-10-13(16(12)23)21-15-14(17(24)18(15)25)20-11-7-4-3-5-8-11;1-15-11-8(9(13)10(11)14)12-7-5-3-2-4-6-7;1-11(2)9(13)6-4-3-5-7(10)8(6)12/h3-10,20-21,23H,1-2H3;2-6,12H,1H3;3-5,12H,10H2,1-2H3/p+1. The predicted molar refractivity (Wildman–Crippen MR) is 207 cm³/mol. The lowest BCUT2D eigenvalue weighted by molar-refractivity contribution is -0.256. The molecule has 15 heteroatoms. The van der Waals surface area contributed by atoms with Crippen LogP contribution in [0.4, 0.5) is 39.8 Å². The van der Waals surface area contributed by atoms with Crippen molar-refractivity contribution in [2.75, 3.05) is 51.3 Å². The first-order valence-electron chi connectivity index (χ1n) is 16.2. The van der Waals surface area contributed by atoms with E-state index in [4.69, 9.17) is 4.74 Å². The number of phenolic OH excluding ortho intramolecular Hbond substituents is 2. The van der Waals surface area contributed by atoms with E-state index in [1.54, 1.807) is 88.9 Å². The largest absolute Gasteiger partial charge is 0.505 e. The molecule has 2 amide bonds. The van der Waals surface area contributed by atoms with Crippen LogP contribution in [0, 0.1) is 0 Å². The van der Waals surface area contributed by atoms with Crippen molar-refractivity contribution in [1.82, 2.24) is 9.80 Å². The van der Waals surface area contributed by atoms with Gasteiger partial charge in [0.25, 0.3) is 33.5 Å².